The predicted molar refractivity (Wildman–Crippen MR) is 97.6 cm³/mol. The maximum Gasteiger partial charge on any atom is 0.336 e. The first-order chi connectivity index (χ1) is 12.4. The third-order valence-electron chi connectivity index (χ3n) is 4.89. The van der Waals surface area contributed by atoms with Gasteiger partial charge in [-0.2, -0.15) is 0 Å². The summed E-state index contributed by atoms with van der Waals surface area (Å²) < 4.78 is 13.8. The molecule has 0 unspecified atom stereocenters. The van der Waals surface area contributed by atoms with Crippen LogP contribution in [0.25, 0.3) is 11.3 Å². The molecule has 0 radical (unpaired) electrons. The number of carboxylic acid groups (broad SMARTS) is 1. The molecule has 1 saturated heterocycles. The van der Waals surface area contributed by atoms with E-state index < -0.39 is 11.8 Å². The quantitative estimate of drug-likeness (QED) is 0.887. The molecule has 138 valence electrons. The number of nitrogens with zero attached hydrogens (tertiary/aromatic N) is 3. The fraction of sp³-hybridized carbons (Fsp3) is 0.450. The van der Waals surface area contributed by atoms with Gasteiger partial charge in [-0.05, 0) is 64.4 Å². The fourth-order valence-electron chi connectivity index (χ4n) is 3.70. The lowest BCUT2D eigenvalue weighted by molar-refractivity contribution is 0.0697. The summed E-state index contributed by atoms with van der Waals surface area (Å²) in [5.74, 6) is -1.02. The minimum absolute atomic E-state index is 0.0415. The molecule has 1 atom stereocenters. The highest BCUT2D eigenvalue weighted by Crippen LogP contribution is 2.33. The highest BCUT2D eigenvalue weighted by atomic mass is 19.1. The summed E-state index contributed by atoms with van der Waals surface area (Å²) in [7, 11) is 0. The van der Waals surface area contributed by atoms with Crippen LogP contribution in [0, 0.1) is 12.7 Å². The number of benzene rings is 1. The second-order valence-electron chi connectivity index (χ2n) is 7.06. The van der Waals surface area contributed by atoms with Crippen molar-refractivity contribution in [1.29, 1.82) is 0 Å². The zero-order valence-electron chi connectivity index (χ0n) is 15.4. The van der Waals surface area contributed by atoms with E-state index >= 15 is 0 Å². The number of aromatic carboxylic acids is 1. The van der Waals surface area contributed by atoms with E-state index in [1.165, 1.54) is 18.6 Å². The SMILES string of the molecule is Cc1nc(-c2cc(F)ccc2C(=O)O)cc([C@@H]2CCCCN2C(C)C)n1. The van der Waals surface area contributed by atoms with E-state index in [1.54, 1.807) is 6.92 Å². The summed E-state index contributed by atoms with van der Waals surface area (Å²) >= 11 is 0. The normalized spacial score (nSPS) is 18.3. The lowest BCUT2D eigenvalue weighted by Crippen LogP contribution is -2.39. The van der Waals surface area contributed by atoms with Gasteiger partial charge in [0.2, 0.25) is 0 Å². The summed E-state index contributed by atoms with van der Waals surface area (Å²) in [6.45, 7) is 7.14. The van der Waals surface area contributed by atoms with Gasteiger partial charge in [-0.3, -0.25) is 4.90 Å². The van der Waals surface area contributed by atoms with Crippen molar-refractivity contribution in [2.45, 2.75) is 52.1 Å². The Bertz CT molecular complexity index is 823. The molecule has 1 aliphatic rings. The Morgan fingerprint density at radius 3 is 2.73 bits per heavy atom. The Morgan fingerprint density at radius 1 is 1.27 bits per heavy atom. The van der Waals surface area contributed by atoms with E-state index in [1.807, 2.05) is 6.07 Å². The average molecular weight is 357 g/mol. The van der Waals surface area contributed by atoms with Crippen LogP contribution in [0.15, 0.2) is 24.3 Å². The molecule has 0 amide bonds. The zero-order valence-corrected chi connectivity index (χ0v) is 15.4. The lowest BCUT2D eigenvalue weighted by Gasteiger charge is -2.38. The van der Waals surface area contributed by atoms with Crippen molar-refractivity contribution in [3.63, 3.8) is 0 Å². The standard InChI is InChI=1S/C20H24FN3O2/c1-12(2)24-9-5-4-6-19(24)18-11-17(22-13(3)23-18)16-10-14(21)7-8-15(16)20(25)26/h7-8,10-12,19H,4-6,9H2,1-3H3,(H,25,26)/t19-/m0/s1. The van der Waals surface area contributed by atoms with Crippen LogP contribution in [-0.2, 0) is 0 Å². The van der Waals surface area contributed by atoms with E-state index in [0.717, 1.165) is 31.1 Å². The van der Waals surface area contributed by atoms with Crippen LogP contribution >= 0.6 is 0 Å². The molecule has 0 saturated carbocycles. The number of rotatable bonds is 4. The van der Waals surface area contributed by atoms with Crippen LogP contribution in [-0.4, -0.2) is 38.5 Å². The zero-order chi connectivity index (χ0) is 18.8. The minimum atomic E-state index is -1.10. The smallest absolute Gasteiger partial charge is 0.336 e. The van der Waals surface area contributed by atoms with Crippen LogP contribution in [0.3, 0.4) is 0 Å². The molecule has 0 bridgehead atoms. The maximum absolute atomic E-state index is 13.8. The van der Waals surface area contributed by atoms with Gasteiger partial charge in [0.15, 0.2) is 0 Å². The summed E-state index contributed by atoms with van der Waals surface area (Å²) in [5, 5.41) is 9.45. The summed E-state index contributed by atoms with van der Waals surface area (Å²) in [6, 6.07) is 6.05. The molecule has 0 aliphatic carbocycles. The van der Waals surface area contributed by atoms with E-state index in [4.69, 9.17) is 0 Å². The first kappa shape index (κ1) is 18.5. The lowest BCUT2D eigenvalue weighted by atomic mass is 9.95. The van der Waals surface area contributed by atoms with Crippen LogP contribution in [0.1, 0.15) is 61.0 Å². The number of likely N-dealkylation sites (tertiary alicyclic amines) is 1. The highest BCUT2D eigenvalue weighted by Gasteiger charge is 2.28. The van der Waals surface area contributed by atoms with Crippen molar-refractivity contribution in [2.24, 2.45) is 0 Å². The number of carboxylic acids is 1. The number of hydrogen-bond donors (Lipinski definition) is 1. The van der Waals surface area contributed by atoms with Crippen molar-refractivity contribution < 1.29 is 14.3 Å². The number of piperidine rings is 1. The molecule has 1 aromatic heterocycles. The van der Waals surface area contributed by atoms with Gasteiger partial charge in [-0.15, -0.1) is 0 Å². The fourth-order valence-corrected chi connectivity index (χ4v) is 3.70. The number of aromatic nitrogens is 2. The number of carbonyl (C=O) groups is 1. The topological polar surface area (TPSA) is 66.3 Å². The van der Waals surface area contributed by atoms with Crippen molar-refractivity contribution in [1.82, 2.24) is 14.9 Å². The molecular formula is C20H24FN3O2. The minimum Gasteiger partial charge on any atom is -0.478 e. The van der Waals surface area contributed by atoms with Crippen LogP contribution < -0.4 is 0 Å². The van der Waals surface area contributed by atoms with Gasteiger partial charge in [0.1, 0.15) is 11.6 Å². The Kier molecular flexibility index (Phi) is 5.32. The van der Waals surface area contributed by atoms with E-state index in [0.29, 0.717) is 17.6 Å². The molecule has 26 heavy (non-hydrogen) atoms. The highest BCUT2D eigenvalue weighted by molar-refractivity contribution is 5.95. The van der Waals surface area contributed by atoms with Gasteiger partial charge < -0.3 is 5.11 Å². The molecule has 0 spiro atoms. The van der Waals surface area contributed by atoms with Crippen LogP contribution in [0.2, 0.25) is 0 Å². The van der Waals surface area contributed by atoms with Gasteiger partial charge >= 0.3 is 5.97 Å². The Morgan fingerprint density at radius 2 is 2.04 bits per heavy atom. The number of halogens is 1. The van der Waals surface area contributed by atoms with Gasteiger partial charge in [-0.25, -0.2) is 19.2 Å². The van der Waals surface area contributed by atoms with Crippen molar-refractivity contribution in [2.75, 3.05) is 6.54 Å². The monoisotopic (exact) mass is 357 g/mol. The van der Waals surface area contributed by atoms with Crippen LogP contribution in [0.5, 0.6) is 0 Å². The third kappa shape index (κ3) is 3.75. The molecule has 6 heteroatoms. The third-order valence-corrected chi connectivity index (χ3v) is 4.89. The van der Waals surface area contributed by atoms with Gasteiger partial charge in [-0.1, -0.05) is 6.42 Å². The number of hydrogen-bond acceptors (Lipinski definition) is 4. The largest absolute Gasteiger partial charge is 0.478 e. The summed E-state index contributed by atoms with van der Waals surface area (Å²) in [5.41, 5.74) is 1.66. The Balaban J connectivity index is 2.09. The molecule has 1 aliphatic heterocycles. The van der Waals surface area contributed by atoms with E-state index in [-0.39, 0.29) is 17.2 Å². The van der Waals surface area contributed by atoms with Gasteiger partial charge in [0, 0.05) is 11.6 Å². The summed E-state index contributed by atoms with van der Waals surface area (Å²) in [6.07, 6.45) is 3.30. The Hall–Kier alpha value is -2.34. The van der Waals surface area contributed by atoms with Crippen molar-refractivity contribution in [3.8, 4) is 11.3 Å². The van der Waals surface area contributed by atoms with E-state index in [9.17, 15) is 14.3 Å². The first-order valence-electron chi connectivity index (χ1n) is 9.01. The maximum atomic E-state index is 13.8. The van der Waals surface area contributed by atoms with Crippen LogP contribution in [0.4, 0.5) is 4.39 Å². The molecule has 1 N–H and O–H groups in total. The molecular weight excluding hydrogens is 333 g/mol. The molecule has 2 aromatic rings. The van der Waals surface area contributed by atoms with Crippen molar-refractivity contribution >= 4 is 5.97 Å². The van der Waals surface area contributed by atoms with Crippen molar-refractivity contribution in [3.05, 3.63) is 47.2 Å². The molecule has 3 rings (SSSR count). The van der Waals surface area contributed by atoms with E-state index in [2.05, 4.69) is 28.7 Å². The molecule has 1 fully saturated rings. The molecule has 5 nitrogen and oxygen atoms in total. The number of aryl methyl sites for hydroxylation is 1. The van der Waals surface area contributed by atoms with Gasteiger partial charge in [0.25, 0.3) is 0 Å². The first-order valence-corrected chi connectivity index (χ1v) is 9.01. The average Bonchev–Trinajstić information content (AvgIpc) is 2.60. The van der Waals surface area contributed by atoms with Gasteiger partial charge in [0.05, 0.1) is 23.0 Å². The second kappa shape index (κ2) is 7.50. The summed E-state index contributed by atoms with van der Waals surface area (Å²) in [4.78, 5) is 23.0. The molecule has 2 heterocycles. The second-order valence-corrected chi connectivity index (χ2v) is 7.06. The predicted octanol–water partition coefficient (Wildman–Crippen LogP) is 4.22. The Labute approximate surface area is 152 Å². The molecule has 1 aromatic carbocycles.